The second kappa shape index (κ2) is 6.51. The summed E-state index contributed by atoms with van der Waals surface area (Å²) in [5.41, 5.74) is 13.6. The Morgan fingerprint density at radius 3 is 2.80 bits per heavy atom. The van der Waals surface area contributed by atoms with E-state index in [4.69, 9.17) is 11.5 Å². The number of aromatic nitrogens is 2. The number of nitrogens with two attached hydrogens (primary N) is 2. The number of amides is 1. The van der Waals surface area contributed by atoms with E-state index in [1.807, 2.05) is 0 Å². The normalized spacial score (nSPS) is 10.2. The number of aryl methyl sites for hydroxylation is 1. The predicted octanol–water partition coefficient (Wildman–Crippen LogP) is 1.00. The number of carbonyl (C=O) groups is 1. The van der Waals surface area contributed by atoms with E-state index in [1.165, 1.54) is 0 Å². The van der Waals surface area contributed by atoms with Gasteiger partial charge in [0.2, 0.25) is 0 Å². The number of rotatable bonds is 5. The van der Waals surface area contributed by atoms with Crippen molar-refractivity contribution in [3.05, 3.63) is 48.0 Å². The molecule has 6 nitrogen and oxygen atoms in total. The number of benzene rings is 1. The first-order valence-electron chi connectivity index (χ1n) is 6.35. The maximum absolute atomic E-state index is 11.9. The molecule has 0 saturated heterocycles. The smallest absolute Gasteiger partial charge is 0.253 e. The van der Waals surface area contributed by atoms with Crippen LogP contribution in [0.5, 0.6) is 0 Å². The molecule has 104 valence electrons. The lowest BCUT2D eigenvalue weighted by atomic mass is 10.1. The Morgan fingerprint density at radius 2 is 2.10 bits per heavy atom. The molecule has 0 aliphatic carbocycles. The van der Waals surface area contributed by atoms with E-state index in [0.29, 0.717) is 23.5 Å². The molecule has 0 atom stereocenters. The van der Waals surface area contributed by atoms with Crippen molar-refractivity contribution in [2.45, 2.75) is 12.8 Å². The monoisotopic (exact) mass is 271 g/mol. The van der Waals surface area contributed by atoms with Crippen LogP contribution in [0.3, 0.4) is 0 Å². The van der Waals surface area contributed by atoms with Gasteiger partial charge < -0.3 is 16.8 Å². The molecule has 0 radical (unpaired) electrons. The molecule has 1 heterocycles. The van der Waals surface area contributed by atoms with Gasteiger partial charge in [-0.1, -0.05) is 0 Å². The van der Waals surface area contributed by atoms with Crippen molar-refractivity contribution in [1.29, 1.82) is 0 Å². The molecule has 6 heteroatoms. The van der Waals surface area contributed by atoms with Gasteiger partial charge in [-0.15, -0.1) is 0 Å². The predicted molar refractivity (Wildman–Crippen MR) is 78.0 cm³/mol. The molecule has 0 bridgehead atoms. The van der Waals surface area contributed by atoms with Gasteiger partial charge in [0.05, 0.1) is 11.3 Å². The fourth-order valence-corrected chi connectivity index (χ4v) is 1.81. The quantitative estimate of drug-likeness (QED) is 0.555. The number of anilines is 2. The number of nitrogen functional groups attached to an aromatic ring is 2. The van der Waals surface area contributed by atoms with Crippen molar-refractivity contribution >= 4 is 17.3 Å². The number of carbonyl (C=O) groups excluding carboxylic acids is 1. The summed E-state index contributed by atoms with van der Waals surface area (Å²) in [7, 11) is 0. The lowest BCUT2D eigenvalue weighted by Crippen LogP contribution is -2.25. The minimum Gasteiger partial charge on any atom is -0.399 e. The average molecular weight is 271 g/mol. The Bertz CT molecular complexity index is 585. The van der Waals surface area contributed by atoms with Gasteiger partial charge in [0.15, 0.2) is 0 Å². The maximum atomic E-state index is 11.9. The third kappa shape index (κ3) is 3.68. The SMILES string of the molecule is Nc1ccc(C(=O)NCCCc2cnccn2)c(N)c1. The first-order chi connectivity index (χ1) is 9.66. The van der Waals surface area contributed by atoms with Crippen molar-refractivity contribution in [1.82, 2.24) is 15.3 Å². The van der Waals surface area contributed by atoms with Crippen molar-refractivity contribution in [3.8, 4) is 0 Å². The van der Waals surface area contributed by atoms with E-state index in [9.17, 15) is 4.79 Å². The van der Waals surface area contributed by atoms with Crippen LogP contribution in [-0.4, -0.2) is 22.4 Å². The number of hydrogen-bond donors (Lipinski definition) is 3. The van der Waals surface area contributed by atoms with E-state index in [-0.39, 0.29) is 5.91 Å². The molecular weight excluding hydrogens is 254 g/mol. The van der Waals surface area contributed by atoms with E-state index in [2.05, 4.69) is 15.3 Å². The average Bonchev–Trinajstić information content (AvgIpc) is 2.44. The second-order valence-corrected chi connectivity index (χ2v) is 4.40. The molecule has 2 aromatic rings. The Hall–Kier alpha value is -2.63. The summed E-state index contributed by atoms with van der Waals surface area (Å²) in [5.74, 6) is -0.193. The highest BCUT2D eigenvalue weighted by Gasteiger charge is 2.08. The lowest BCUT2D eigenvalue weighted by molar-refractivity contribution is 0.0954. The van der Waals surface area contributed by atoms with Crippen molar-refractivity contribution < 1.29 is 4.79 Å². The van der Waals surface area contributed by atoms with Gasteiger partial charge in [-0.2, -0.15) is 0 Å². The first kappa shape index (κ1) is 13.8. The number of nitrogens with zero attached hydrogens (tertiary/aromatic N) is 2. The molecule has 0 aliphatic heterocycles. The highest BCUT2D eigenvalue weighted by atomic mass is 16.1. The molecule has 0 spiro atoms. The van der Waals surface area contributed by atoms with Crippen LogP contribution in [0.15, 0.2) is 36.8 Å². The van der Waals surface area contributed by atoms with Gasteiger partial charge >= 0.3 is 0 Å². The minimum absolute atomic E-state index is 0.193. The first-order valence-corrected chi connectivity index (χ1v) is 6.35. The fourth-order valence-electron chi connectivity index (χ4n) is 1.81. The molecule has 0 aliphatic rings. The second-order valence-electron chi connectivity index (χ2n) is 4.40. The van der Waals surface area contributed by atoms with Crippen LogP contribution in [0.4, 0.5) is 11.4 Å². The fraction of sp³-hybridized carbons (Fsp3) is 0.214. The Balaban J connectivity index is 1.80. The minimum atomic E-state index is -0.193. The van der Waals surface area contributed by atoms with Crippen LogP contribution in [0.1, 0.15) is 22.5 Å². The zero-order valence-corrected chi connectivity index (χ0v) is 11.0. The van der Waals surface area contributed by atoms with Gasteiger partial charge in [-0.25, -0.2) is 0 Å². The summed E-state index contributed by atoms with van der Waals surface area (Å²) < 4.78 is 0. The van der Waals surface area contributed by atoms with Crippen molar-refractivity contribution in [3.63, 3.8) is 0 Å². The van der Waals surface area contributed by atoms with E-state index in [1.54, 1.807) is 36.8 Å². The van der Waals surface area contributed by atoms with Crippen LogP contribution in [-0.2, 0) is 6.42 Å². The Kier molecular flexibility index (Phi) is 4.49. The summed E-state index contributed by atoms with van der Waals surface area (Å²) in [6.45, 7) is 0.555. The Labute approximate surface area is 117 Å². The summed E-state index contributed by atoms with van der Waals surface area (Å²) in [6, 6.07) is 4.86. The molecule has 0 saturated carbocycles. The topological polar surface area (TPSA) is 107 Å². The van der Waals surface area contributed by atoms with Crippen molar-refractivity contribution in [2.24, 2.45) is 0 Å². The van der Waals surface area contributed by atoms with Crippen LogP contribution in [0.2, 0.25) is 0 Å². The molecule has 5 N–H and O–H groups in total. The molecule has 0 fully saturated rings. The van der Waals surface area contributed by atoms with Gasteiger partial charge in [0.25, 0.3) is 5.91 Å². The maximum Gasteiger partial charge on any atom is 0.253 e. The number of nitrogens with one attached hydrogen (secondary N) is 1. The van der Waals surface area contributed by atoms with Gasteiger partial charge in [-0.05, 0) is 31.0 Å². The summed E-state index contributed by atoms with van der Waals surface area (Å²) in [5, 5.41) is 2.82. The summed E-state index contributed by atoms with van der Waals surface area (Å²) >= 11 is 0. The third-order valence-electron chi connectivity index (χ3n) is 2.83. The molecule has 0 unspecified atom stereocenters. The zero-order valence-electron chi connectivity index (χ0n) is 11.0. The molecule has 1 aromatic heterocycles. The summed E-state index contributed by atoms with van der Waals surface area (Å²) in [4.78, 5) is 20.1. The standard InChI is InChI=1S/C14H17N5O/c15-10-3-4-12(13(16)8-10)14(20)19-5-1-2-11-9-17-6-7-18-11/h3-4,6-9H,1-2,5,15-16H2,(H,19,20). The molecule has 1 amide bonds. The lowest BCUT2D eigenvalue weighted by Gasteiger charge is -2.08. The largest absolute Gasteiger partial charge is 0.399 e. The van der Waals surface area contributed by atoms with Crippen LogP contribution < -0.4 is 16.8 Å². The molecule has 1 aromatic carbocycles. The van der Waals surface area contributed by atoms with Gasteiger partial charge in [0.1, 0.15) is 0 Å². The van der Waals surface area contributed by atoms with Gasteiger partial charge in [0, 0.05) is 36.5 Å². The van der Waals surface area contributed by atoms with Crippen LogP contribution in [0, 0.1) is 0 Å². The molecular formula is C14H17N5O. The van der Waals surface area contributed by atoms with Crippen LogP contribution in [0.25, 0.3) is 0 Å². The van der Waals surface area contributed by atoms with E-state index >= 15 is 0 Å². The van der Waals surface area contributed by atoms with Crippen molar-refractivity contribution in [2.75, 3.05) is 18.0 Å². The van der Waals surface area contributed by atoms with Crippen LogP contribution >= 0.6 is 0 Å². The van der Waals surface area contributed by atoms with E-state index in [0.717, 1.165) is 18.5 Å². The number of hydrogen-bond acceptors (Lipinski definition) is 5. The van der Waals surface area contributed by atoms with E-state index < -0.39 is 0 Å². The summed E-state index contributed by atoms with van der Waals surface area (Å²) in [6.07, 6.45) is 6.57. The van der Waals surface area contributed by atoms with Gasteiger partial charge in [-0.3, -0.25) is 14.8 Å². The Morgan fingerprint density at radius 1 is 1.25 bits per heavy atom. The molecule has 2 rings (SSSR count). The highest BCUT2D eigenvalue weighted by molar-refractivity contribution is 5.99. The third-order valence-corrected chi connectivity index (χ3v) is 2.83. The molecule has 20 heavy (non-hydrogen) atoms. The zero-order chi connectivity index (χ0) is 14.4. The highest BCUT2D eigenvalue weighted by Crippen LogP contribution is 2.15.